The second-order valence-electron chi connectivity index (χ2n) is 3.55. The van der Waals surface area contributed by atoms with Gasteiger partial charge in [-0.25, -0.2) is 4.39 Å². The van der Waals surface area contributed by atoms with Crippen LogP contribution in [0.25, 0.3) is 0 Å². The third-order valence-corrected chi connectivity index (χ3v) is 3.43. The summed E-state index contributed by atoms with van der Waals surface area (Å²) in [7, 11) is 0. The van der Waals surface area contributed by atoms with Crippen molar-refractivity contribution in [2.24, 2.45) is 5.92 Å². The summed E-state index contributed by atoms with van der Waals surface area (Å²) in [6.07, 6.45) is 2.43. The fraction of sp³-hybridized carbons (Fsp3) is 1.00. The first-order valence-electron chi connectivity index (χ1n) is 4.66. The number of hydrogen-bond acceptors (Lipinski definition) is 1. The Labute approximate surface area is 82.4 Å². The molecule has 0 aromatic heterocycles. The summed E-state index contributed by atoms with van der Waals surface area (Å²) in [6, 6.07) is 0. The van der Waals surface area contributed by atoms with E-state index in [4.69, 9.17) is 0 Å². The van der Waals surface area contributed by atoms with Gasteiger partial charge in [0.2, 0.25) is 0 Å². The minimum absolute atomic E-state index is 0.200. The number of nitrogens with zero attached hydrogens (tertiary/aromatic N) is 1. The molecule has 0 aliphatic carbocycles. The standard InChI is InChI=1S/C9H17BrFN/c1-8(10)9-2-5-12(6-3-9)7-4-11/h8-9H,2-7H2,1H3. The molecule has 1 nitrogen and oxygen atoms in total. The number of hydrogen-bond donors (Lipinski definition) is 0. The van der Waals surface area contributed by atoms with Gasteiger partial charge < -0.3 is 4.90 Å². The second kappa shape index (κ2) is 5.18. The largest absolute Gasteiger partial charge is 0.301 e. The third kappa shape index (κ3) is 3.02. The van der Waals surface area contributed by atoms with Gasteiger partial charge in [-0.05, 0) is 31.8 Å². The molecule has 0 spiro atoms. The number of alkyl halides is 2. The van der Waals surface area contributed by atoms with E-state index in [1.54, 1.807) is 0 Å². The highest BCUT2D eigenvalue weighted by molar-refractivity contribution is 9.09. The molecule has 12 heavy (non-hydrogen) atoms. The maximum atomic E-state index is 12.0. The van der Waals surface area contributed by atoms with E-state index in [0.717, 1.165) is 19.0 Å². The van der Waals surface area contributed by atoms with Gasteiger partial charge in [0.05, 0.1) is 0 Å². The van der Waals surface area contributed by atoms with E-state index in [0.29, 0.717) is 11.4 Å². The Morgan fingerprint density at radius 3 is 2.50 bits per heavy atom. The SMILES string of the molecule is CC(Br)C1CCN(CCF)CC1. The molecular formula is C9H17BrFN. The van der Waals surface area contributed by atoms with Crippen LogP contribution in [0.2, 0.25) is 0 Å². The lowest BCUT2D eigenvalue weighted by atomic mass is 9.94. The highest BCUT2D eigenvalue weighted by Crippen LogP contribution is 2.24. The fourth-order valence-corrected chi connectivity index (χ4v) is 2.28. The first-order valence-corrected chi connectivity index (χ1v) is 5.58. The Morgan fingerprint density at radius 1 is 1.50 bits per heavy atom. The first kappa shape index (κ1) is 10.5. The fourth-order valence-electron chi connectivity index (χ4n) is 1.76. The number of halogens is 2. The van der Waals surface area contributed by atoms with Crippen LogP contribution in [0.5, 0.6) is 0 Å². The van der Waals surface area contributed by atoms with Crippen molar-refractivity contribution in [1.29, 1.82) is 0 Å². The monoisotopic (exact) mass is 237 g/mol. The minimum Gasteiger partial charge on any atom is -0.301 e. The molecule has 0 N–H and O–H groups in total. The van der Waals surface area contributed by atoms with Gasteiger partial charge in [0.15, 0.2) is 0 Å². The van der Waals surface area contributed by atoms with Crippen molar-refractivity contribution in [2.75, 3.05) is 26.3 Å². The van der Waals surface area contributed by atoms with Crippen molar-refractivity contribution in [1.82, 2.24) is 4.90 Å². The summed E-state index contributed by atoms with van der Waals surface area (Å²) in [5, 5.41) is 0. The topological polar surface area (TPSA) is 3.24 Å². The van der Waals surface area contributed by atoms with E-state index in [1.807, 2.05) is 0 Å². The molecule has 1 unspecified atom stereocenters. The van der Waals surface area contributed by atoms with Crippen LogP contribution in [-0.2, 0) is 0 Å². The predicted molar refractivity (Wildman–Crippen MR) is 53.5 cm³/mol. The average molecular weight is 238 g/mol. The maximum Gasteiger partial charge on any atom is 0.102 e. The van der Waals surface area contributed by atoms with Crippen LogP contribution >= 0.6 is 15.9 Å². The van der Waals surface area contributed by atoms with Crippen molar-refractivity contribution in [3.05, 3.63) is 0 Å². The van der Waals surface area contributed by atoms with E-state index in [2.05, 4.69) is 27.8 Å². The minimum atomic E-state index is -0.200. The smallest absolute Gasteiger partial charge is 0.102 e. The summed E-state index contributed by atoms with van der Waals surface area (Å²) in [5.74, 6) is 0.792. The molecule has 0 radical (unpaired) electrons. The normalized spacial score (nSPS) is 24.2. The second-order valence-corrected chi connectivity index (χ2v) is 4.99. The van der Waals surface area contributed by atoms with Crippen LogP contribution in [0.4, 0.5) is 4.39 Å². The number of likely N-dealkylation sites (tertiary alicyclic amines) is 1. The van der Waals surface area contributed by atoms with E-state index in [9.17, 15) is 4.39 Å². The van der Waals surface area contributed by atoms with Crippen LogP contribution in [0.3, 0.4) is 0 Å². The Kier molecular flexibility index (Phi) is 4.51. The zero-order chi connectivity index (χ0) is 8.97. The molecule has 1 atom stereocenters. The van der Waals surface area contributed by atoms with Crippen molar-refractivity contribution in [3.63, 3.8) is 0 Å². The highest BCUT2D eigenvalue weighted by Gasteiger charge is 2.21. The van der Waals surface area contributed by atoms with Gasteiger partial charge in [0.25, 0.3) is 0 Å². The molecule has 1 saturated heterocycles. The molecular weight excluding hydrogens is 221 g/mol. The van der Waals surface area contributed by atoms with Crippen LogP contribution in [-0.4, -0.2) is 36.0 Å². The lowest BCUT2D eigenvalue weighted by Crippen LogP contribution is -2.36. The zero-order valence-electron chi connectivity index (χ0n) is 7.60. The van der Waals surface area contributed by atoms with Gasteiger partial charge in [-0.1, -0.05) is 22.9 Å². The first-order chi connectivity index (χ1) is 5.74. The van der Waals surface area contributed by atoms with Crippen molar-refractivity contribution < 1.29 is 4.39 Å². The number of piperidine rings is 1. The molecule has 1 aliphatic rings. The molecule has 0 aromatic rings. The highest BCUT2D eigenvalue weighted by atomic mass is 79.9. The predicted octanol–water partition coefficient (Wildman–Crippen LogP) is 2.45. The van der Waals surface area contributed by atoms with Crippen LogP contribution in [0, 0.1) is 5.92 Å². The zero-order valence-corrected chi connectivity index (χ0v) is 9.19. The Morgan fingerprint density at radius 2 is 2.08 bits per heavy atom. The molecule has 0 aromatic carbocycles. The quantitative estimate of drug-likeness (QED) is 0.682. The molecule has 3 heteroatoms. The Bertz CT molecular complexity index is 122. The van der Waals surface area contributed by atoms with Crippen molar-refractivity contribution in [3.8, 4) is 0 Å². The van der Waals surface area contributed by atoms with E-state index in [-0.39, 0.29) is 6.67 Å². The summed E-state index contributed by atoms with van der Waals surface area (Å²) >= 11 is 3.60. The summed E-state index contributed by atoms with van der Waals surface area (Å²) in [5.41, 5.74) is 0. The Balaban J connectivity index is 2.20. The van der Waals surface area contributed by atoms with Crippen LogP contribution in [0.1, 0.15) is 19.8 Å². The van der Waals surface area contributed by atoms with Gasteiger partial charge in [-0.15, -0.1) is 0 Å². The molecule has 0 bridgehead atoms. The molecule has 72 valence electrons. The van der Waals surface area contributed by atoms with E-state index < -0.39 is 0 Å². The number of rotatable bonds is 3. The molecule has 0 saturated carbocycles. The Hall–Kier alpha value is 0.370. The van der Waals surface area contributed by atoms with Gasteiger partial charge in [-0.3, -0.25) is 0 Å². The van der Waals surface area contributed by atoms with E-state index >= 15 is 0 Å². The van der Waals surface area contributed by atoms with Crippen LogP contribution in [0.15, 0.2) is 0 Å². The maximum absolute atomic E-state index is 12.0. The van der Waals surface area contributed by atoms with Crippen molar-refractivity contribution in [2.45, 2.75) is 24.6 Å². The molecule has 1 heterocycles. The summed E-state index contributed by atoms with van der Waals surface area (Å²) in [6.45, 7) is 4.78. The lowest BCUT2D eigenvalue weighted by molar-refractivity contribution is 0.173. The van der Waals surface area contributed by atoms with E-state index in [1.165, 1.54) is 12.8 Å². The third-order valence-electron chi connectivity index (χ3n) is 2.68. The van der Waals surface area contributed by atoms with Gasteiger partial charge >= 0.3 is 0 Å². The molecule has 1 aliphatic heterocycles. The average Bonchev–Trinajstić information content (AvgIpc) is 2.06. The molecule has 0 amide bonds. The van der Waals surface area contributed by atoms with Crippen LogP contribution < -0.4 is 0 Å². The van der Waals surface area contributed by atoms with Crippen molar-refractivity contribution >= 4 is 15.9 Å². The molecule has 1 rings (SSSR count). The lowest BCUT2D eigenvalue weighted by Gasteiger charge is -2.32. The summed E-state index contributed by atoms with van der Waals surface area (Å²) < 4.78 is 12.0. The molecule has 1 fully saturated rings. The van der Waals surface area contributed by atoms with Gasteiger partial charge in [-0.2, -0.15) is 0 Å². The summed E-state index contributed by atoms with van der Waals surface area (Å²) in [4.78, 5) is 2.83. The van der Waals surface area contributed by atoms with Gasteiger partial charge in [0, 0.05) is 11.4 Å². The van der Waals surface area contributed by atoms with Gasteiger partial charge in [0.1, 0.15) is 6.67 Å².